The van der Waals surface area contributed by atoms with Crippen molar-refractivity contribution in [1.29, 1.82) is 0 Å². The summed E-state index contributed by atoms with van der Waals surface area (Å²) in [6.45, 7) is 9.26. The molecular formula is C14H30N2. The van der Waals surface area contributed by atoms with Crippen LogP contribution in [0, 0.1) is 5.92 Å². The molecule has 1 aliphatic carbocycles. The van der Waals surface area contributed by atoms with E-state index in [1.807, 2.05) is 0 Å². The molecule has 3 unspecified atom stereocenters. The highest BCUT2D eigenvalue weighted by molar-refractivity contribution is 4.85. The smallest absolute Gasteiger partial charge is 0.0107 e. The van der Waals surface area contributed by atoms with Gasteiger partial charge in [0.2, 0.25) is 0 Å². The van der Waals surface area contributed by atoms with Crippen LogP contribution in [0.2, 0.25) is 0 Å². The van der Waals surface area contributed by atoms with Crippen LogP contribution in [0.15, 0.2) is 0 Å². The zero-order valence-corrected chi connectivity index (χ0v) is 11.6. The van der Waals surface area contributed by atoms with Crippen LogP contribution in [-0.2, 0) is 0 Å². The van der Waals surface area contributed by atoms with E-state index in [-0.39, 0.29) is 0 Å². The quantitative estimate of drug-likeness (QED) is 0.718. The molecular weight excluding hydrogens is 196 g/mol. The Kier molecular flexibility index (Phi) is 6.37. The number of rotatable bonds is 7. The van der Waals surface area contributed by atoms with Gasteiger partial charge >= 0.3 is 0 Å². The molecule has 0 saturated heterocycles. The standard InChI is InChI=1S/C14H30N2/c1-5-8-12(3)16(4)11-13-9-7-10-14(13)15-6-2/h12-15H,5-11H2,1-4H3. The van der Waals surface area contributed by atoms with E-state index < -0.39 is 0 Å². The van der Waals surface area contributed by atoms with Gasteiger partial charge in [-0.15, -0.1) is 0 Å². The van der Waals surface area contributed by atoms with E-state index in [1.165, 1.54) is 38.6 Å². The number of nitrogens with zero attached hydrogens (tertiary/aromatic N) is 1. The Balaban J connectivity index is 2.34. The van der Waals surface area contributed by atoms with Gasteiger partial charge < -0.3 is 10.2 Å². The molecule has 0 heterocycles. The minimum Gasteiger partial charge on any atom is -0.314 e. The van der Waals surface area contributed by atoms with Gasteiger partial charge in [-0.2, -0.15) is 0 Å². The number of hydrogen-bond acceptors (Lipinski definition) is 2. The summed E-state index contributed by atoms with van der Waals surface area (Å²) in [5, 5.41) is 3.64. The average Bonchev–Trinajstić information content (AvgIpc) is 2.67. The highest BCUT2D eigenvalue weighted by Crippen LogP contribution is 2.26. The summed E-state index contributed by atoms with van der Waals surface area (Å²) in [7, 11) is 2.29. The van der Waals surface area contributed by atoms with E-state index >= 15 is 0 Å². The van der Waals surface area contributed by atoms with Crippen molar-refractivity contribution < 1.29 is 0 Å². The fourth-order valence-electron chi connectivity index (χ4n) is 2.97. The van der Waals surface area contributed by atoms with Gasteiger partial charge in [-0.1, -0.05) is 26.7 Å². The number of hydrogen-bond donors (Lipinski definition) is 1. The molecule has 3 atom stereocenters. The summed E-state index contributed by atoms with van der Waals surface area (Å²) < 4.78 is 0. The molecule has 1 rings (SSSR count). The van der Waals surface area contributed by atoms with E-state index in [1.54, 1.807) is 0 Å². The Hall–Kier alpha value is -0.0800. The summed E-state index contributed by atoms with van der Waals surface area (Å²) in [5.74, 6) is 0.879. The van der Waals surface area contributed by atoms with Crippen molar-refractivity contribution in [3.05, 3.63) is 0 Å². The van der Waals surface area contributed by atoms with Crippen LogP contribution in [0.25, 0.3) is 0 Å². The molecule has 1 aliphatic rings. The minimum absolute atomic E-state index is 0.743. The molecule has 0 radical (unpaired) electrons. The van der Waals surface area contributed by atoms with Gasteiger partial charge in [0.15, 0.2) is 0 Å². The number of nitrogens with one attached hydrogen (secondary N) is 1. The predicted molar refractivity (Wildman–Crippen MR) is 71.8 cm³/mol. The predicted octanol–water partition coefficient (Wildman–Crippen LogP) is 2.89. The van der Waals surface area contributed by atoms with Crippen molar-refractivity contribution in [1.82, 2.24) is 10.2 Å². The van der Waals surface area contributed by atoms with Crippen LogP contribution in [0.4, 0.5) is 0 Å². The highest BCUT2D eigenvalue weighted by Gasteiger charge is 2.27. The maximum atomic E-state index is 3.64. The van der Waals surface area contributed by atoms with Crippen molar-refractivity contribution in [2.75, 3.05) is 20.1 Å². The molecule has 0 bridgehead atoms. The van der Waals surface area contributed by atoms with Gasteiger partial charge in [0, 0.05) is 18.6 Å². The van der Waals surface area contributed by atoms with E-state index in [0.29, 0.717) is 0 Å². The first kappa shape index (κ1) is 14.0. The zero-order chi connectivity index (χ0) is 12.0. The summed E-state index contributed by atoms with van der Waals surface area (Å²) in [5.41, 5.74) is 0. The van der Waals surface area contributed by atoms with Crippen molar-refractivity contribution >= 4 is 0 Å². The summed E-state index contributed by atoms with van der Waals surface area (Å²) in [6, 6.07) is 1.52. The second-order valence-electron chi connectivity index (χ2n) is 5.43. The summed E-state index contributed by atoms with van der Waals surface area (Å²) >= 11 is 0. The van der Waals surface area contributed by atoms with Gasteiger partial charge in [-0.25, -0.2) is 0 Å². The van der Waals surface area contributed by atoms with Crippen molar-refractivity contribution in [3.8, 4) is 0 Å². The van der Waals surface area contributed by atoms with Crippen molar-refractivity contribution in [2.24, 2.45) is 5.92 Å². The third-order valence-corrected chi connectivity index (χ3v) is 4.11. The molecule has 0 aliphatic heterocycles. The monoisotopic (exact) mass is 226 g/mol. The van der Waals surface area contributed by atoms with Crippen molar-refractivity contribution in [3.63, 3.8) is 0 Å². The summed E-state index contributed by atoms with van der Waals surface area (Å²) in [6.07, 6.45) is 6.84. The first-order valence-electron chi connectivity index (χ1n) is 7.12. The molecule has 2 heteroatoms. The molecule has 96 valence electrons. The van der Waals surface area contributed by atoms with Crippen molar-refractivity contribution in [2.45, 2.75) is 65.0 Å². The molecule has 0 aromatic rings. The Labute approximate surface area is 102 Å². The SMILES string of the molecule is CCCC(C)N(C)CC1CCCC1NCC. The molecule has 1 saturated carbocycles. The average molecular weight is 226 g/mol. The minimum atomic E-state index is 0.743. The van der Waals surface area contributed by atoms with Gasteiger partial charge in [-0.05, 0) is 45.7 Å². The molecule has 1 N–H and O–H groups in total. The van der Waals surface area contributed by atoms with Gasteiger partial charge in [-0.3, -0.25) is 0 Å². The highest BCUT2D eigenvalue weighted by atomic mass is 15.1. The van der Waals surface area contributed by atoms with Gasteiger partial charge in [0.25, 0.3) is 0 Å². The second-order valence-corrected chi connectivity index (χ2v) is 5.43. The third kappa shape index (κ3) is 4.06. The van der Waals surface area contributed by atoms with E-state index in [4.69, 9.17) is 0 Å². The Morgan fingerprint density at radius 2 is 2.06 bits per heavy atom. The largest absolute Gasteiger partial charge is 0.314 e. The zero-order valence-electron chi connectivity index (χ0n) is 11.6. The lowest BCUT2D eigenvalue weighted by atomic mass is 10.0. The fourth-order valence-corrected chi connectivity index (χ4v) is 2.97. The Morgan fingerprint density at radius 1 is 1.31 bits per heavy atom. The molecule has 16 heavy (non-hydrogen) atoms. The first-order chi connectivity index (χ1) is 7.69. The van der Waals surface area contributed by atoms with E-state index in [9.17, 15) is 0 Å². The summed E-state index contributed by atoms with van der Waals surface area (Å²) in [4.78, 5) is 2.56. The van der Waals surface area contributed by atoms with Gasteiger partial charge in [0.05, 0.1) is 0 Å². The molecule has 2 nitrogen and oxygen atoms in total. The van der Waals surface area contributed by atoms with Crippen LogP contribution in [-0.4, -0.2) is 37.1 Å². The van der Waals surface area contributed by atoms with Crippen LogP contribution in [0.3, 0.4) is 0 Å². The lowest BCUT2D eigenvalue weighted by molar-refractivity contribution is 0.195. The Bertz CT molecular complexity index is 182. The fraction of sp³-hybridized carbons (Fsp3) is 1.00. The van der Waals surface area contributed by atoms with Crippen LogP contribution >= 0.6 is 0 Å². The molecule has 1 fully saturated rings. The Morgan fingerprint density at radius 3 is 2.69 bits per heavy atom. The van der Waals surface area contributed by atoms with Crippen LogP contribution < -0.4 is 5.32 Å². The lowest BCUT2D eigenvalue weighted by Gasteiger charge is -2.30. The van der Waals surface area contributed by atoms with Crippen LogP contribution in [0.5, 0.6) is 0 Å². The normalized spacial score (nSPS) is 27.6. The molecule has 0 spiro atoms. The van der Waals surface area contributed by atoms with E-state index in [0.717, 1.165) is 24.5 Å². The van der Waals surface area contributed by atoms with E-state index in [2.05, 4.69) is 38.0 Å². The third-order valence-electron chi connectivity index (χ3n) is 4.11. The molecule has 0 aromatic heterocycles. The molecule has 0 amide bonds. The van der Waals surface area contributed by atoms with Crippen LogP contribution in [0.1, 0.15) is 52.9 Å². The van der Waals surface area contributed by atoms with Gasteiger partial charge in [0.1, 0.15) is 0 Å². The first-order valence-corrected chi connectivity index (χ1v) is 7.12. The second kappa shape index (κ2) is 7.29. The maximum absolute atomic E-state index is 3.64. The lowest BCUT2D eigenvalue weighted by Crippen LogP contribution is -2.40. The topological polar surface area (TPSA) is 15.3 Å². The maximum Gasteiger partial charge on any atom is 0.0107 e. The molecule has 0 aromatic carbocycles.